The van der Waals surface area contributed by atoms with E-state index in [9.17, 15) is 35.9 Å². The number of ether oxygens (including phenoxy) is 1. The van der Waals surface area contributed by atoms with Gasteiger partial charge in [0, 0.05) is 38.8 Å². The van der Waals surface area contributed by atoms with Gasteiger partial charge in [0.25, 0.3) is 6.10 Å². The third-order valence-electron chi connectivity index (χ3n) is 6.73. The highest BCUT2D eigenvalue weighted by atomic mass is 19.4. The van der Waals surface area contributed by atoms with Crippen LogP contribution in [0.1, 0.15) is 44.2 Å². The summed E-state index contributed by atoms with van der Waals surface area (Å²) in [7, 11) is 0. The Kier molecular flexibility index (Phi) is 7.93. The highest BCUT2D eigenvalue weighted by molar-refractivity contribution is 5.90. The lowest BCUT2D eigenvalue weighted by atomic mass is 9.78. The first-order valence-corrected chi connectivity index (χ1v) is 11.4. The van der Waals surface area contributed by atoms with E-state index in [1.165, 1.54) is 6.92 Å². The summed E-state index contributed by atoms with van der Waals surface area (Å²) in [5.74, 6) is -0.164. The van der Waals surface area contributed by atoms with Gasteiger partial charge in [0.2, 0.25) is 5.91 Å². The topological polar surface area (TPSA) is 61.9 Å². The zero-order chi connectivity index (χ0) is 26.0. The number of likely N-dealkylation sites (tertiary alicyclic amines) is 2. The lowest BCUT2D eigenvalue weighted by Crippen LogP contribution is -2.50. The lowest BCUT2D eigenvalue weighted by molar-refractivity contribution is -0.308. The monoisotopic (exact) mass is 509 g/mol. The maximum Gasteiger partial charge on any atom is 0.434 e. The van der Waals surface area contributed by atoms with Crippen LogP contribution in [0.2, 0.25) is 0 Å². The molecule has 1 aromatic rings. The molecule has 2 amide bonds. The molecule has 0 unspecified atom stereocenters. The minimum atomic E-state index is -5.73. The predicted octanol–water partition coefficient (Wildman–Crippen LogP) is 5.13. The van der Waals surface area contributed by atoms with E-state index in [1.54, 1.807) is 0 Å². The second-order valence-electron chi connectivity index (χ2n) is 9.28. The molecule has 2 aliphatic heterocycles. The number of nitrogens with zero attached hydrogens (tertiary/aromatic N) is 2. The zero-order valence-corrected chi connectivity index (χ0v) is 19.6. The Balaban J connectivity index is 1.60. The minimum absolute atomic E-state index is 0.0254. The van der Waals surface area contributed by atoms with Crippen molar-refractivity contribution in [2.45, 2.75) is 64.5 Å². The largest absolute Gasteiger partial charge is 0.434 e. The average Bonchev–Trinajstić information content (AvgIpc) is 3.13. The van der Waals surface area contributed by atoms with Gasteiger partial charge in [-0.1, -0.05) is 25.1 Å². The van der Waals surface area contributed by atoms with Crippen molar-refractivity contribution < 1.29 is 40.7 Å². The van der Waals surface area contributed by atoms with Crippen molar-refractivity contribution in [2.75, 3.05) is 31.5 Å². The van der Waals surface area contributed by atoms with Gasteiger partial charge in [-0.15, -0.1) is 0 Å². The molecule has 0 atom stereocenters. The average molecular weight is 509 g/mol. The molecule has 1 N–H and O–H groups in total. The summed E-state index contributed by atoms with van der Waals surface area (Å²) in [5.41, 5.74) is 2.61. The van der Waals surface area contributed by atoms with Gasteiger partial charge in [-0.05, 0) is 48.8 Å². The highest BCUT2D eigenvalue weighted by Crippen LogP contribution is 2.42. The maximum absolute atomic E-state index is 12.7. The molecule has 2 fully saturated rings. The van der Waals surface area contributed by atoms with Gasteiger partial charge in [0.15, 0.2) is 0 Å². The molecule has 1 spiro atoms. The Bertz CT molecular complexity index is 912. The van der Waals surface area contributed by atoms with E-state index < -0.39 is 24.5 Å². The molecule has 0 saturated carbocycles. The van der Waals surface area contributed by atoms with Crippen LogP contribution in [0, 0.1) is 5.41 Å². The van der Waals surface area contributed by atoms with Crippen LogP contribution >= 0.6 is 0 Å². The highest BCUT2D eigenvalue weighted by Gasteiger charge is 2.60. The number of aryl methyl sites for hydroxylation is 1. The van der Waals surface area contributed by atoms with Crippen molar-refractivity contribution in [3.8, 4) is 0 Å². The zero-order valence-electron chi connectivity index (χ0n) is 19.6. The molecule has 3 rings (SSSR count). The molecule has 0 aromatic heterocycles. The second-order valence-corrected chi connectivity index (χ2v) is 9.28. The number of nitrogens with one attached hydrogen (secondary N) is 1. The molecular weight excluding hydrogens is 480 g/mol. The van der Waals surface area contributed by atoms with Crippen LogP contribution in [0.3, 0.4) is 0 Å². The molecule has 0 aliphatic carbocycles. The van der Waals surface area contributed by atoms with Gasteiger partial charge in [-0.2, -0.15) is 26.3 Å². The number of hydrogen-bond donors (Lipinski definition) is 1. The number of amides is 2. The molecule has 2 aliphatic rings. The fourth-order valence-electron chi connectivity index (χ4n) is 4.89. The van der Waals surface area contributed by atoms with Crippen molar-refractivity contribution in [1.82, 2.24) is 9.80 Å². The Hall–Kier alpha value is -2.50. The smallest absolute Gasteiger partial charge is 0.426 e. The molecule has 12 heteroatoms. The van der Waals surface area contributed by atoms with Gasteiger partial charge >= 0.3 is 18.4 Å². The fourth-order valence-corrected chi connectivity index (χ4v) is 4.89. The van der Waals surface area contributed by atoms with E-state index in [0.717, 1.165) is 41.1 Å². The quantitative estimate of drug-likeness (QED) is 0.560. The molecule has 1 aromatic carbocycles. The van der Waals surface area contributed by atoms with Crippen molar-refractivity contribution in [3.63, 3.8) is 0 Å². The molecule has 2 heterocycles. The van der Waals surface area contributed by atoms with Gasteiger partial charge in [0.05, 0.1) is 0 Å². The summed E-state index contributed by atoms with van der Waals surface area (Å²) in [6.07, 6.45) is -14.8. The van der Waals surface area contributed by atoms with Crippen LogP contribution in [-0.4, -0.2) is 66.4 Å². The third kappa shape index (κ3) is 6.59. The molecule has 196 valence electrons. The van der Waals surface area contributed by atoms with E-state index in [1.807, 2.05) is 25.1 Å². The summed E-state index contributed by atoms with van der Waals surface area (Å²) in [6.45, 7) is 5.53. The predicted molar refractivity (Wildman–Crippen MR) is 116 cm³/mol. The number of piperidine rings is 1. The van der Waals surface area contributed by atoms with Crippen LogP contribution in [0.25, 0.3) is 0 Å². The van der Waals surface area contributed by atoms with Crippen LogP contribution in [0.15, 0.2) is 18.2 Å². The number of rotatable bonds is 5. The van der Waals surface area contributed by atoms with Crippen LogP contribution < -0.4 is 5.32 Å². The molecule has 0 radical (unpaired) electrons. The second kappa shape index (κ2) is 10.2. The van der Waals surface area contributed by atoms with Gasteiger partial charge in [-0.25, -0.2) is 4.79 Å². The number of carbonyl (C=O) groups excluding carboxylic acids is 2. The summed E-state index contributed by atoms with van der Waals surface area (Å²) >= 11 is 0. The molecule has 6 nitrogen and oxygen atoms in total. The van der Waals surface area contributed by atoms with Gasteiger partial charge in [-0.3, -0.25) is 9.69 Å². The van der Waals surface area contributed by atoms with E-state index in [4.69, 9.17) is 0 Å². The number of halogens is 6. The maximum atomic E-state index is 12.7. The van der Waals surface area contributed by atoms with Crippen LogP contribution in [0.4, 0.5) is 36.8 Å². The summed E-state index contributed by atoms with van der Waals surface area (Å²) in [6, 6.07) is 5.84. The SMILES string of the molecule is CCc1cccc(CN2CCC3(CCN(C(=O)OC(C(F)(F)F)C(F)(F)F)CC3)C2)c1NC(C)=O. The van der Waals surface area contributed by atoms with Gasteiger partial charge < -0.3 is 15.0 Å². The lowest BCUT2D eigenvalue weighted by Gasteiger charge is -2.39. The van der Waals surface area contributed by atoms with Crippen molar-refractivity contribution in [1.29, 1.82) is 0 Å². The standard InChI is InChI=1S/C23H29F6N3O3/c1-3-16-5-4-6-17(18(16)30-15(2)33)13-31-10-7-21(14-31)8-11-32(12-9-21)20(34)35-19(22(24,25)26)23(27,28)29/h4-6,19H,3,7-14H2,1-2H3,(H,30,33). The normalized spacial score (nSPS) is 18.8. The number of hydrogen-bond acceptors (Lipinski definition) is 4. The number of benzene rings is 1. The van der Waals surface area contributed by atoms with Crippen molar-refractivity contribution in [2.24, 2.45) is 5.41 Å². The molecular formula is C23H29F6N3O3. The Morgan fingerprint density at radius 1 is 1.03 bits per heavy atom. The Labute approximate surface area is 199 Å². The van der Waals surface area contributed by atoms with Crippen molar-refractivity contribution >= 4 is 17.7 Å². The van der Waals surface area contributed by atoms with Crippen molar-refractivity contribution in [3.05, 3.63) is 29.3 Å². The van der Waals surface area contributed by atoms with E-state index in [-0.39, 0.29) is 24.4 Å². The molecule has 0 bridgehead atoms. The van der Waals surface area contributed by atoms with E-state index in [2.05, 4.69) is 15.0 Å². The number of anilines is 1. The van der Waals surface area contributed by atoms with Crippen LogP contribution in [-0.2, 0) is 22.5 Å². The molecule has 35 heavy (non-hydrogen) atoms. The number of carbonyl (C=O) groups is 2. The Morgan fingerprint density at radius 3 is 2.14 bits per heavy atom. The summed E-state index contributed by atoms with van der Waals surface area (Å²) in [4.78, 5) is 26.9. The first kappa shape index (κ1) is 27.1. The summed E-state index contributed by atoms with van der Waals surface area (Å²) in [5, 5.41) is 2.91. The van der Waals surface area contributed by atoms with Gasteiger partial charge in [0.1, 0.15) is 0 Å². The minimum Gasteiger partial charge on any atom is -0.426 e. The number of para-hydroxylation sites is 1. The third-order valence-corrected chi connectivity index (χ3v) is 6.73. The van der Waals surface area contributed by atoms with E-state index >= 15 is 0 Å². The van der Waals surface area contributed by atoms with E-state index in [0.29, 0.717) is 25.9 Å². The summed E-state index contributed by atoms with van der Waals surface area (Å²) < 4.78 is 80.1. The molecule has 2 saturated heterocycles. The number of alkyl halides is 6. The first-order chi connectivity index (χ1) is 16.2. The first-order valence-electron chi connectivity index (χ1n) is 11.4. The Morgan fingerprint density at radius 2 is 1.60 bits per heavy atom. The van der Waals surface area contributed by atoms with Crippen LogP contribution in [0.5, 0.6) is 0 Å². The fraction of sp³-hybridized carbons (Fsp3) is 0.652.